The SMILES string of the molecule is CCC(=O)Nc1c(-c2cccc(C)c2)nc2sc(N3CCCCC3)nn12. The molecule has 6 nitrogen and oxygen atoms in total. The lowest BCUT2D eigenvalue weighted by atomic mass is 10.1. The maximum Gasteiger partial charge on any atom is 0.225 e. The summed E-state index contributed by atoms with van der Waals surface area (Å²) in [5, 5.41) is 8.76. The number of aryl methyl sites for hydroxylation is 1. The topological polar surface area (TPSA) is 62.5 Å². The lowest BCUT2D eigenvalue weighted by Gasteiger charge is -2.25. The highest BCUT2D eigenvalue weighted by Crippen LogP contribution is 2.34. The predicted molar refractivity (Wildman–Crippen MR) is 106 cm³/mol. The smallest absolute Gasteiger partial charge is 0.225 e. The highest BCUT2D eigenvalue weighted by atomic mass is 32.1. The van der Waals surface area contributed by atoms with Gasteiger partial charge in [0, 0.05) is 25.1 Å². The van der Waals surface area contributed by atoms with Crippen molar-refractivity contribution in [3.63, 3.8) is 0 Å². The Labute approximate surface area is 156 Å². The van der Waals surface area contributed by atoms with Crippen LogP contribution in [0.25, 0.3) is 16.2 Å². The molecular weight excluding hydrogens is 346 g/mol. The van der Waals surface area contributed by atoms with Gasteiger partial charge in [-0.25, -0.2) is 4.98 Å². The second-order valence-electron chi connectivity index (χ2n) is 6.71. The first-order chi connectivity index (χ1) is 12.7. The van der Waals surface area contributed by atoms with E-state index in [4.69, 9.17) is 10.1 Å². The van der Waals surface area contributed by atoms with E-state index in [0.717, 1.165) is 40.0 Å². The molecule has 0 radical (unpaired) electrons. The van der Waals surface area contributed by atoms with Crippen LogP contribution in [0.15, 0.2) is 24.3 Å². The summed E-state index contributed by atoms with van der Waals surface area (Å²) in [6.45, 7) is 5.98. The normalized spacial score (nSPS) is 14.8. The van der Waals surface area contributed by atoms with Gasteiger partial charge in [-0.2, -0.15) is 4.52 Å². The van der Waals surface area contributed by atoms with E-state index in [9.17, 15) is 4.79 Å². The van der Waals surface area contributed by atoms with E-state index < -0.39 is 0 Å². The van der Waals surface area contributed by atoms with E-state index in [2.05, 4.69) is 29.3 Å². The lowest BCUT2D eigenvalue weighted by Crippen LogP contribution is -2.29. The molecule has 0 bridgehead atoms. The van der Waals surface area contributed by atoms with Gasteiger partial charge in [-0.15, -0.1) is 5.10 Å². The van der Waals surface area contributed by atoms with E-state index >= 15 is 0 Å². The van der Waals surface area contributed by atoms with Gasteiger partial charge in [-0.1, -0.05) is 42.0 Å². The van der Waals surface area contributed by atoms with E-state index in [0.29, 0.717) is 12.2 Å². The quantitative estimate of drug-likeness (QED) is 0.752. The number of benzene rings is 1. The number of carbonyl (C=O) groups excluding carboxylic acids is 1. The van der Waals surface area contributed by atoms with Gasteiger partial charge in [0.1, 0.15) is 5.69 Å². The average Bonchev–Trinajstić information content (AvgIpc) is 3.22. The van der Waals surface area contributed by atoms with Crippen LogP contribution in [0.3, 0.4) is 0 Å². The fourth-order valence-corrected chi connectivity index (χ4v) is 4.23. The summed E-state index contributed by atoms with van der Waals surface area (Å²) in [5.41, 5.74) is 2.93. The Morgan fingerprint density at radius 2 is 2.08 bits per heavy atom. The summed E-state index contributed by atoms with van der Waals surface area (Å²) in [4.78, 5) is 20.0. The third-order valence-electron chi connectivity index (χ3n) is 4.69. The number of hydrogen-bond acceptors (Lipinski definition) is 5. The minimum absolute atomic E-state index is 0.0341. The van der Waals surface area contributed by atoms with Crippen LogP contribution in [-0.2, 0) is 4.79 Å². The molecule has 1 saturated heterocycles. The third kappa shape index (κ3) is 3.19. The minimum atomic E-state index is -0.0341. The molecule has 4 rings (SSSR count). The summed E-state index contributed by atoms with van der Waals surface area (Å²) < 4.78 is 1.79. The molecule has 3 aromatic rings. The summed E-state index contributed by atoms with van der Waals surface area (Å²) in [6, 6.07) is 8.17. The Balaban J connectivity index is 1.79. The van der Waals surface area contributed by atoms with Crippen molar-refractivity contribution in [3.05, 3.63) is 29.8 Å². The van der Waals surface area contributed by atoms with Gasteiger partial charge in [-0.3, -0.25) is 4.79 Å². The Morgan fingerprint density at radius 3 is 2.81 bits per heavy atom. The number of rotatable bonds is 4. The lowest BCUT2D eigenvalue weighted by molar-refractivity contribution is -0.115. The number of hydrogen-bond donors (Lipinski definition) is 1. The molecule has 1 aromatic carbocycles. The summed E-state index contributed by atoms with van der Waals surface area (Å²) >= 11 is 1.59. The molecule has 0 saturated carbocycles. The molecule has 0 aliphatic carbocycles. The van der Waals surface area contributed by atoms with E-state index in [-0.39, 0.29) is 5.91 Å². The van der Waals surface area contributed by atoms with E-state index in [1.54, 1.807) is 15.9 Å². The molecule has 0 spiro atoms. The maximum absolute atomic E-state index is 12.1. The number of fused-ring (bicyclic) bond motifs is 1. The van der Waals surface area contributed by atoms with Crippen molar-refractivity contribution < 1.29 is 4.79 Å². The minimum Gasteiger partial charge on any atom is -0.347 e. The number of nitrogens with zero attached hydrogens (tertiary/aromatic N) is 4. The summed E-state index contributed by atoms with van der Waals surface area (Å²) in [7, 11) is 0. The van der Waals surface area contributed by atoms with Crippen LogP contribution in [-0.4, -0.2) is 33.6 Å². The zero-order valence-electron chi connectivity index (χ0n) is 15.2. The second-order valence-corrected chi connectivity index (χ2v) is 7.64. The molecule has 1 aliphatic rings. The number of amides is 1. The number of aromatic nitrogens is 3. The number of carbonyl (C=O) groups is 1. The zero-order chi connectivity index (χ0) is 18.1. The van der Waals surface area contributed by atoms with Crippen LogP contribution in [0.4, 0.5) is 10.9 Å². The molecule has 0 unspecified atom stereocenters. The molecule has 1 amide bonds. The van der Waals surface area contributed by atoms with Crippen molar-refractivity contribution in [1.82, 2.24) is 14.6 Å². The number of piperidine rings is 1. The highest BCUT2D eigenvalue weighted by molar-refractivity contribution is 7.20. The first-order valence-electron chi connectivity index (χ1n) is 9.17. The van der Waals surface area contributed by atoms with Gasteiger partial charge in [-0.05, 0) is 32.3 Å². The summed E-state index contributed by atoms with van der Waals surface area (Å²) in [5.74, 6) is 0.630. The molecule has 0 atom stereocenters. The van der Waals surface area contributed by atoms with Crippen molar-refractivity contribution in [2.24, 2.45) is 0 Å². The first-order valence-corrected chi connectivity index (χ1v) is 9.98. The molecule has 1 N–H and O–H groups in total. The van der Waals surface area contributed by atoms with Gasteiger partial charge >= 0.3 is 0 Å². The summed E-state index contributed by atoms with van der Waals surface area (Å²) in [6.07, 6.45) is 4.11. The molecule has 1 fully saturated rings. The molecule has 136 valence electrons. The average molecular weight is 369 g/mol. The number of nitrogens with one attached hydrogen (secondary N) is 1. The van der Waals surface area contributed by atoms with Crippen molar-refractivity contribution in [3.8, 4) is 11.3 Å². The Kier molecular flexibility index (Phi) is 4.63. The highest BCUT2D eigenvalue weighted by Gasteiger charge is 2.22. The van der Waals surface area contributed by atoms with Crippen LogP contribution < -0.4 is 10.2 Å². The van der Waals surface area contributed by atoms with Crippen LogP contribution in [0.2, 0.25) is 0 Å². The molecular formula is C19H23N5OS. The Morgan fingerprint density at radius 1 is 1.27 bits per heavy atom. The first kappa shape index (κ1) is 17.0. The molecule has 2 aromatic heterocycles. The fraction of sp³-hybridized carbons (Fsp3) is 0.421. The monoisotopic (exact) mass is 369 g/mol. The molecule has 1 aliphatic heterocycles. The Hall–Kier alpha value is -2.41. The van der Waals surface area contributed by atoms with Gasteiger partial charge in [0.05, 0.1) is 0 Å². The predicted octanol–water partition coefficient (Wildman–Crippen LogP) is 4.11. The fourth-order valence-electron chi connectivity index (χ4n) is 3.28. The largest absolute Gasteiger partial charge is 0.347 e. The third-order valence-corrected chi connectivity index (χ3v) is 5.66. The van der Waals surface area contributed by atoms with Gasteiger partial charge in [0.2, 0.25) is 16.0 Å². The van der Waals surface area contributed by atoms with Gasteiger partial charge in [0.15, 0.2) is 5.82 Å². The Bertz CT molecular complexity index is 939. The van der Waals surface area contributed by atoms with Crippen LogP contribution in [0.1, 0.15) is 38.2 Å². The standard InChI is InChI=1S/C19H23N5OS/c1-3-15(25)20-17-16(14-9-7-8-13(2)12-14)21-18-24(17)22-19(26-18)23-10-5-4-6-11-23/h7-9,12H,3-6,10-11H2,1-2H3,(H,20,25). The van der Waals surface area contributed by atoms with Crippen molar-refractivity contribution in [2.75, 3.05) is 23.3 Å². The van der Waals surface area contributed by atoms with Gasteiger partial charge < -0.3 is 10.2 Å². The molecule has 26 heavy (non-hydrogen) atoms. The van der Waals surface area contributed by atoms with Crippen LogP contribution in [0.5, 0.6) is 0 Å². The van der Waals surface area contributed by atoms with Crippen molar-refractivity contribution in [1.29, 1.82) is 0 Å². The van der Waals surface area contributed by atoms with Crippen molar-refractivity contribution in [2.45, 2.75) is 39.5 Å². The number of imidazole rings is 1. The maximum atomic E-state index is 12.1. The zero-order valence-corrected chi connectivity index (χ0v) is 16.0. The van der Waals surface area contributed by atoms with Crippen LogP contribution >= 0.6 is 11.3 Å². The second kappa shape index (κ2) is 7.07. The van der Waals surface area contributed by atoms with E-state index in [1.165, 1.54) is 19.3 Å². The van der Waals surface area contributed by atoms with E-state index in [1.807, 2.05) is 19.1 Å². The van der Waals surface area contributed by atoms with Crippen LogP contribution in [0, 0.1) is 6.92 Å². The molecule has 3 heterocycles. The van der Waals surface area contributed by atoms with Gasteiger partial charge in [0.25, 0.3) is 0 Å². The number of anilines is 2. The van der Waals surface area contributed by atoms with Crippen molar-refractivity contribution >= 4 is 33.2 Å². The molecule has 7 heteroatoms.